The highest BCUT2D eigenvalue weighted by molar-refractivity contribution is 7.90. The summed E-state index contributed by atoms with van der Waals surface area (Å²) >= 11 is 0. The van der Waals surface area contributed by atoms with Gasteiger partial charge in [0.05, 0.1) is 17.3 Å². The lowest BCUT2D eigenvalue weighted by Gasteiger charge is -2.09. The SMILES string of the molecule is CCCOc1cc(NCCCS(C)(=O)=O)ccc1[N+](=O)[O-]. The van der Waals surface area contributed by atoms with Crippen molar-refractivity contribution < 1.29 is 18.1 Å². The predicted molar refractivity (Wildman–Crippen MR) is 81.7 cm³/mol. The van der Waals surface area contributed by atoms with Gasteiger partial charge >= 0.3 is 5.69 Å². The first kappa shape index (κ1) is 17.2. The molecule has 0 bridgehead atoms. The third-order valence-corrected chi connectivity index (χ3v) is 3.67. The Morgan fingerprint density at radius 1 is 1.38 bits per heavy atom. The van der Waals surface area contributed by atoms with Crippen molar-refractivity contribution in [3.8, 4) is 5.75 Å². The number of benzene rings is 1. The number of nitro benzene ring substituents is 1. The van der Waals surface area contributed by atoms with Crippen LogP contribution in [0.25, 0.3) is 0 Å². The van der Waals surface area contributed by atoms with E-state index in [0.717, 1.165) is 6.42 Å². The van der Waals surface area contributed by atoms with Crippen LogP contribution in [-0.4, -0.2) is 38.5 Å². The van der Waals surface area contributed by atoms with Crippen molar-refractivity contribution in [2.75, 3.05) is 30.5 Å². The lowest BCUT2D eigenvalue weighted by Crippen LogP contribution is -2.10. The standard InChI is InChI=1S/C13H20N2O5S/c1-3-8-20-13-10-11(5-6-12(13)15(16)17)14-7-4-9-21(2,18)19/h5-6,10,14H,3-4,7-9H2,1-2H3. The van der Waals surface area contributed by atoms with Crippen LogP contribution in [0.2, 0.25) is 0 Å². The molecule has 1 N–H and O–H groups in total. The summed E-state index contributed by atoms with van der Waals surface area (Å²) in [5.41, 5.74) is 0.588. The van der Waals surface area contributed by atoms with Gasteiger partial charge in [-0.2, -0.15) is 0 Å². The van der Waals surface area contributed by atoms with E-state index < -0.39 is 14.8 Å². The second kappa shape index (κ2) is 7.82. The van der Waals surface area contributed by atoms with Crippen molar-refractivity contribution in [1.29, 1.82) is 0 Å². The zero-order valence-electron chi connectivity index (χ0n) is 12.2. The smallest absolute Gasteiger partial charge is 0.311 e. The zero-order chi connectivity index (χ0) is 15.9. The number of ether oxygens (including phenoxy) is 1. The van der Waals surface area contributed by atoms with Crippen molar-refractivity contribution in [3.05, 3.63) is 28.3 Å². The Hall–Kier alpha value is -1.83. The van der Waals surface area contributed by atoms with E-state index in [1.807, 2.05) is 6.92 Å². The van der Waals surface area contributed by atoms with E-state index in [2.05, 4.69) is 5.32 Å². The molecule has 0 heterocycles. The maximum atomic E-state index is 11.0. The van der Waals surface area contributed by atoms with Gasteiger partial charge in [0.15, 0.2) is 5.75 Å². The lowest BCUT2D eigenvalue weighted by atomic mass is 10.2. The van der Waals surface area contributed by atoms with Crippen molar-refractivity contribution in [2.24, 2.45) is 0 Å². The summed E-state index contributed by atoms with van der Waals surface area (Å²) in [5.74, 6) is 0.321. The average molecular weight is 316 g/mol. The van der Waals surface area contributed by atoms with Crippen molar-refractivity contribution in [1.82, 2.24) is 0 Å². The summed E-state index contributed by atoms with van der Waals surface area (Å²) in [4.78, 5) is 10.4. The molecule has 0 saturated heterocycles. The number of anilines is 1. The average Bonchev–Trinajstić information content (AvgIpc) is 2.40. The second-order valence-corrected chi connectivity index (χ2v) is 6.96. The Balaban J connectivity index is 2.68. The van der Waals surface area contributed by atoms with E-state index in [0.29, 0.717) is 25.3 Å². The Kier molecular flexibility index (Phi) is 6.41. The molecule has 0 unspecified atom stereocenters. The molecule has 0 spiro atoms. The Bertz CT molecular complexity index is 586. The Morgan fingerprint density at radius 2 is 2.10 bits per heavy atom. The molecule has 0 aliphatic carbocycles. The van der Waals surface area contributed by atoms with E-state index in [1.54, 1.807) is 12.1 Å². The van der Waals surface area contributed by atoms with Crippen molar-refractivity contribution >= 4 is 21.2 Å². The third kappa shape index (κ3) is 6.44. The van der Waals surface area contributed by atoms with Gasteiger partial charge in [0, 0.05) is 30.6 Å². The van der Waals surface area contributed by atoms with Crippen LogP contribution in [0.3, 0.4) is 0 Å². The van der Waals surface area contributed by atoms with Gasteiger partial charge in [-0.1, -0.05) is 6.92 Å². The predicted octanol–water partition coefficient (Wildman–Crippen LogP) is 2.23. The lowest BCUT2D eigenvalue weighted by molar-refractivity contribution is -0.385. The summed E-state index contributed by atoms with van der Waals surface area (Å²) in [6.45, 7) is 2.79. The molecule has 21 heavy (non-hydrogen) atoms. The minimum Gasteiger partial charge on any atom is -0.487 e. The number of hydrogen-bond donors (Lipinski definition) is 1. The number of rotatable bonds is 9. The van der Waals surface area contributed by atoms with Crippen LogP contribution in [-0.2, 0) is 9.84 Å². The minimum atomic E-state index is -2.97. The van der Waals surface area contributed by atoms with Crippen LogP contribution in [0.5, 0.6) is 5.75 Å². The topological polar surface area (TPSA) is 98.5 Å². The van der Waals surface area contributed by atoms with Gasteiger partial charge in [-0.05, 0) is 18.9 Å². The number of sulfone groups is 1. The molecule has 0 radical (unpaired) electrons. The molecule has 0 saturated carbocycles. The maximum absolute atomic E-state index is 11.0. The largest absolute Gasteiger partial charge is 0.487 e. The van der Waals surface area contributed by atoms with Crippen LogP contribution in [0.1, 0.15) is 19.8 Å². The van der Waals surface area contributed by atoms with Crippen LogP contribution in [0, 0.1) is 10.1 Å². The van der Waals surface area contributed by atoms with Gasteiger partial charge in [-0.3, -0.25) is 10.1 Å². The molecule has 8 heteroatoms. The minimum absolute atomic E-state index is 0.0786. The second-order valence-electron chi connectivity index (χ2n) is 4.70. The fourth-order valence-corrected chi connectivity index (χ4v) is 2.34. The molecule has 0 aliphatic heterocycles. The van der Waals surface area contributed by atoms with Gasteiger partial charge in [-0.15, -0.1) is 0 Å². The van der Waals surface area contributed by atoms with Gasteiger partial charge in [-0.25, -0.2) is 8.42 Å². The Labute approximate surface area is 124 Å². The van der Waals surface area contributed by atoms with E-state index >= 15 is 0 Å². The normalized spacial score (nSPS) is 11.1. The quantitative estimate of drug-likeness (QED) is 0.426. The molecule has 0 amide bonds. The molecule has 1 aromatic rings. The molecular formula is C13H20N2O5S. The van der Waals surface area contributed by atoms with Gasteiger partial charge in [0.2, 0.25) is 0 Å². The monoisotopic (exact) mass is 316 g/mol. The summed E-state index contributed by atoms with van der Waals surface area (Å²) < 4.78 is 27.4. The maximum Gasteiger partial charge on any atom is 0.311 e. The van der Waals surface area contributed by atoms with Crippen LogP contribution < -0.4 is 10.1 Å². The molecule has 7 nitrogen and oxygen atoms in total. The van der Waals surface area contributed by atoms with Crippen molar-refractivity contribution in [3.63, 3.8) is 0 Å². The summed E-state index contributed by atoms with van der Waals surface area (Å²) in [7, 11) is -2.97. The molecular weight excluding hydrogens is 296 g/mol. The molecule has 1 rings (SSSR count). The highest BCUT2D eigenvalue weighted by Gasteiger charge is 2.15. The first-order valence-corrected chi connectivity index (χ1v) is 8.72. The van der Waals surface area contributed by atoms with Crippen LogP contribution in [0.4, 0.5) is 11.4 Å². The number of nitro groups is 1. The summed E-state index contributed by atoms with van der Waals surface area (Å²) in [6.07, 6.45) is 2.42. The van der Waals surface area contributed by atoms with Crippen LogP contribution >= 0.6 is 0 Å². The molecule has 118 valence electrons. The molecule has 0 aromatic heterocycles. The zero-order valence-corrected chi connectivity index (χ0v) is 13.0. The summed E-state index contributed by atoms with van der Waals surface area (Å²) in [5, 5.41) is 13.9. The van der Waals surface area contributed by atoms with E-state index in [9.17, 15) is 18.5 Å². The number of nitrogens with one attached hydrogen (secondary N) is 1. The molecule has 0 atom stereocenters. The highest BCUT2D eigenvalue weighted by atomic mass is 32.2. The van der Waals surface area contributed by atoms with Gasteiger partial charge in [0.1, 0.15) is 9.84 Å². The van der Waals surface area contributed by atoms with E-state index in [-0.39, 0.29) is 17.2 Å². The molecule has 0 fully saturated rings. The first-order chi connectivity index (χ1) is 9.83. The van der Waals surface area contributed by atoms with Crippen molar-refractivity contribution in [2.45, 2.75) is 19.8 Å². The van der Waals surface area contributed by atoms with Gasteiger partial charge in [0.25, 0.3) is 0 Å². The number of hydrogen-bond acceptors (Lipinski definition) is 6. The van der Waals surface area contributed by atoms with Crippen LogP contribution in [0.15, 0.2) is 18.2 Å². The van der Waals surface area contributed by atoms with Gasteiger partial charge < -0.3 is 10.1 Å². The molecule has 0 aliphatic rings. The highest BCUT2D eigenvalue weighted by Crippen LogP contribution is 2.30. The first-order valence-electron chi connectivity index (χ1n) is 6.66. The fraction of sp³-hybridized carbons (Fsp3) is 0.538. The van der Waals surface area contributed by atoms with E-state index in [4.69, 9.17) is 4.74 Å². The van der Waals surface area contributed by atoms with E-state index in [1.165, 1.54) is 12.3 Å². The Morgan fingerprint density at radius 3 is 2.67 bits per heavy atom. The number of nitrogens with zero attached hydrogens (tertiary/aromatic N) is 1. The third-order valence-electron chi connectivity index (χ3n) is 2.64. The molecule has 1 aromatic carbocycles. The summed E-state index contributed by atoms with van der Waals surface area (Å²) in [6, 6.07) is 4.52. The fourth-order valence-electron chi connectivity index (χ4n) is 1.67.